The normalized spacial score (nSPS) is 17.4. The minimum atomic E-state index is 0.266. The summed E-state index contributed by atoms with van der Waals surface area (Å²) in [5, 5.41) is 11.1. The van der Waals surface area contributed by atoms with Gasteiger partial charge in [-0.15, -0.1) is 11.3 Å². The third-order valence-corrected chi connectivity index (χ3v) is 5.14. The van der Waals surface area contributed by atoms with Gasteiger partial charge >= 0.3 is 0 Å². The van der Waals surface area contributed by atoms with E-state index in [0.29, 0.717) is 5.92 Å². The number of hydrogen-bond donors (Lipinski definition) is 1. The largest absolute Gasteiger partial charge is 0.395 e. The number of likely N-dealkylation sites (tertiary alicyclic amines) is 1. The monoisotopic (exact) mass is 306 g/mol. The lowest BCUT2D eigenvalue weighted by molar-refractivity contribution is 0.149. The zero-order chi connectivity index (χ0) is 14.7. The van der Waals surface area contributed by atoms with E-state index in [4.69, 9.17) is 5.11 Å². The molecule has 0 saturated carbocycles. The number of piperidine rings is 1. The summed E-state index contributed by atoms with van der Waals surface area (Å²) in [7, 11) is 2.13. The summed E-state index contributed by atoms with van der Waals surface area (Å²) in [4.78, 5) is 13.4. The number of anilines is 1. The number of thiophene rings is 1. The first-order valence-corrected chi connectivity index (χ1v) is 8.38. The van der Waals surface area contributed by atoms with Crippen molar-refractivity contribution in [1.29, 1.82) is 0 Å². The number of nitrogens with zero attached hydrogens (tertiary/aromatic N) is 4. The first-order chi connectivity index (χ1) is 10.3. The van der Waals surface area contributed by atoms with Gasteiger partial charge in [-0.2, -0.15) is 0 Å². The fraction of sp³-hybridized carbons (Fsp3) is 0.600. The molecule has 1 aliphatic heterocycles. The first-order valence-electron chi connectivity index (χ1n) is 7.50. The second-order valence-corrected chi connectivity index (χ2v) is 6.64. The number of rotatable bonds is 5. The molecule has 0 aliphatic carbocycles. The van der Waals surface area contributed by atoms with Crippen molar-refractivity contribution in [3.63, 3.8) is 0 Å². The van der Waals surface area contributed by atoms with Crippen LogP contribution in [0.2, 0.25) is 0 Å². The highest BCUT2D eigenvalue weighted by molar-refractivity contribution is 7.17. The Morgan fingerprint density at radius 2 is 2.19 bits per heavy atom. The van der Waals surface area contributed by atoms with Gasteiger partial charge in [0.05, 0.1) is 16.8 Å². The molecule has 0 unspecified atom stereocenters. The third kappa shape index (κ3) is 3.33. The molecule has 1 fully saturated rings. The maximum atomic E-state index is 9.00. The van der Waals surface area contributed by atoms with E-state index in [9.17, 15) is 0 Å². The summed E-state index contributed by atoms with van der Waals surface area (Å²) in [6.45, 7) is 4.30. The molecular weight excluding hydrogens is 284 g/mol. The van der Waals surface area contributed by atoms with E-state index in [2.05, 4.69) is 32.2 Å². The molecule has 1 aliphatic rings. The maximum Gasteiger partial charge on any atom is 0.149 e. The second kappa shape index (κ2) is 6.68. The van der Waals surface area contributed by atoms with Crippen LogP contribution in [0.1, 0.15) is 12.8 Å². The maximum absolute atomic E-state index is 9.00. The molecule has 21 heavy (non-hydrogen) atoms. The summed E-state index contributed by atoms with van der Waals surface area (Å²) in [5.41, 5.74) is 1.04. The highest BCUT2D eigenvalue weighted by Gasteiger charge is 2.21. The minimum Gasteiger partial charge on any atom is -0.395 e. The second-order valence-electron chi connectivity index (χ2n) is 5.72. The van der Waals surface area contributed by atoms with Gasteiger partial charge in [-0.25, -0.2) is 9.97 Å². The Balaban J connectivity index is 1.62. The fourth-order valence-electron chi connectivity index (χ4n) is 3.06. The summed E-state index contributed by atoms with van der Waals surface area (Å²) >= 11 is 1.71. The molecule has 2 aromatic heterocycles. The van der Waals surface area contributed by atoms with Crippen LogP contribution in [0, 0.1) is 5.92 Å². The highest BCUT2D eigenvalue weighted by atomic mass is 32.1. The fourth-order valence-corrected chi connectivity index (χ4v) is 3.94. The molecule has 3 rings (SSSR count). The van der Waals surface area contributed by atoms with E-state index in [-0.39, 0.29) is 6.61 Å². The van der Waals surface area contributed by atoms with Crippen molar-refractivity contribution in [2.24, 2.45) is 5.92 Å². The van der Waals surface area contributed by atoms with Gasteiger partial charge < -0.3 is 14.9 Å². The Kier molecular flexibility index (Phi) is 4.67. The number of hydrogen-bond acceptors (Lipinski definition) is 6. The highest BCUT2D eigenvalue weighted by Crippen LogP contribution is 2.28. The average Bonchev–Trinajstić information content (AvgIpc) is 2.98. The lowest BCUT2D eigenvalue weighted by Crippen LogP contribution is -2.39. The van der Waals surface area contributed by atoms with Crippen LogP contribution in [0.4, 0.5) is 5.82 Å². The van der Waals surface area contributed by atoms with Crippen LogP contribution >= 0.6 is 11.3 Å². The number of aliphatic hydroxyl groups excluding tert-OH is 1. The van der Waals surface area contributed by atoms with Crippen molar-refractivity contribution >= 4 is 27.4 Å². The molecule has 0 bridgehead atoms. The number of fused-ring (bicyclic) bond motifs is 1. The molecule has 1 N–H and O–H groups in total. The van der Waals surface area contributed by atoms with E-state index >= 15 is 0 Å². The zero-order valence-electron chi connectivity index (χ0n) is 12.4. The van der Waals surface area contributed by atoms with Crippen LogP contribution in [0.3, 0.4) is 0 Å². The number of β-amino-alcohol motifs (C(OH)–C–C–N with tert-alkyl or cyclic N) is 1. The molecule has 0 aromatic carbocycles. The lowest BCUT2D eigenvalue weighted by Gasteiger charge is -2.33. The van der Waals surface area contributed by atoms with E-state index in [1.807, 2.05) is 6.07 Å². The van der Waals surface area contributed by atoms with Crippen molar-refractivity contribution < 1.29 is 5.11 Å². The van der Waals surface area contributed by atoms with Crippen molar-refractivity contribution in [2.75, 3.05) is 44.7 Å². The molecule has 114 valence electrons. The summed E-state index contributed by atoms with van der Waals surface area (Å²) in [6.07, 6.45) is 4.05. The molecular formula is C15H22N4OS. The Morgan fingerprint density at radius 1 is 1.38 bits per heavy atom. The molecule has 1 saturated heterocycles. The van der Waals surface area contributed by atoms with Crippen LogP contribution in [0.15, 0.2) is 17.8 Å². The van der Waals surface area contributed by atoms with E-state index < -0.39 is 0 Å². The van der Waals surface area contributed by atoms with E-state index in [0.717, 1.165) is 37.5 Å². The summed E-state index contributed by atoms with van der Waals surface area (Å²) in [6, 6.07) is 2.05. The van der Waals surface area contributed by atoms with Crippen LogP contribution in [0.25, 0.3) is 10.2 Å². The standard InChI is InChI=1S/C15H22N4OS/c1-18(10-12-2-5-19(6-3-12)7-8-20)15-14-13(4-9-21-14)16-11-17-15/h4,9,11-12,20H,2-3,5-8,10H2,1H3. The summed E-state index contributed by atoms with van der Waals surface area (Å²) < 4.78 is 1.18. The van der Waals surface area contributed by atoms with Crippen molar-refractivity contribution in [2.45, 2.75) is 12.8 Å². The predicted molar refractivity (Wildman–Crippen MR) is 86.9 cm³/mol. The Bertz CT molecular complexity index is 580. The van der Waals surface area contributed by atoms with Gasteiger partial charge in [0.1, 0.15) is 12.1 Å². The van der Waals surface area contributed by atoms with Crippen molar-refractivity contribution in [3.8, 4) is 0 Å². The van der Waals surface area contributed by atoms with Gasteiger partial charge in [0.25, 0.3) is 0 Å². The van der Waals surface area contributed by atoms with Crippen LogP contribution in [0.5, 0.6) is 0 Å². The van der Waals surface area contributed by atoms with Gasteiger partial charge in [0.15, 0.2) is 0 Å². The molecule has 0 amide bonds. The molecule has 2 aromatic rings. The molecule has 0 atom stereocenters. The predicted octanol–water partition coefficient (Wildman–Crippen LogP) is 1.83. The van der Waals surface area contributed by atoms with Gasteiger partial charge in [-0.3, -0.25) is 0 Å². The van der Waals surface area contributed by atoms with Crippen molar-refractivity contribution in [3.05, 3.63) is 17.8 Å². The molecule has 0 spiro atoms. The average molecular weight is 306 g/mol. The topological polar surface area (TPSA) is 52.5 Å². The molecule has 0 radical (unpaired) electrons. The Hall–Kier alpha value is -1.24. The minimum absolute atomic E-state index is 0.266. The summed E-state index contributed by atoms with van der Waals surface area (Å²) in [5.74, 6) is 1.75. The van der Waals surface area contributed by atoms with Crippen LogP contribution in [-0.4, -0.2) is 59.8 Å². The van der Waals surface area contributed by atoms with Gasteiger partial charge in [-0.1, -0.05) is 0 Å². The quantitative estimate of drug-likeness (QED) is 0.913. The van der Waals surface area contributed by atoms with Gasteiger partial charge in [-0.05, 0) is 43.3 Å². The zero-order valence-corrected chi connectivity index (χ0v) is 13.2. The van der Waals surface area contributed by atoms with E-state index in [1.54, 1.807) is 17.7 Å². The van der Waals surface area contributed by atoms with Crippen LogP contribution in [-0.2, 0) is 0 Å². The van der Waals surface area contributed by atoms with Gasteiger partial charge in [0.2, 0.25) is 0 Å². The number of aliphatic hydroxyl groups is 1. The van der Waals surface area contributed by atoms with E-state index in [1.165, 1.54) is 17.5 Å². The van der Waals surface area contributed by atoms with Crippen LogP contribution < -0.4 is 4.90 Å². The number of aromatic nitrogens is 2. The lowest BCUT2D eigenvalue weighted by atomic mass is 9.96. The molecule has 5 nitrogen and oxygen atoms in total. The SMILES string of the molecule is CN(CC1CCN(CCO)CC1)c1ncnc2ccsc12. The first kappa shape index (κ1) is 14.7. The smallest absolute Gasteiger partial charge is 0.149 e. The van der Waals surface area contributed by atoms with Gasteiger partial charge in [0, 0.05) is 20.1 Å². The molecule has 3 heterocycles. The molecule has 6 heteroatoms. The Labute approximate surface area is 129 Å². The Morgan fingerprint density at radius 3 is 2.95 bits per heavy atom. The third-order valence-electron chi connectivity index (χ3n) is 4.24. The van der Waals surface area contributed by atoms with Crippen molar-refractivity contribution in [1.82, 2.24) is 14.9 Å².